The van der Waals surface area contributed by atoms with E-state index in [1.807, 2.05) is 24.3 Å². The second kappa shape index (κ2) is 8.58. The van der Waals surface area contributed by atoms with Gasteiger partial charge in [0.15, 0.2) is 0 Å². The van der Waals surface area contributed by atoms with Gasteiger partial charge in [0.05, 0.1) is 28.4 Å². The van der Waals surface area contributed by atoms with Gasteiger partial charge in [-0.2, -0.15) is 0 Å². The van der Waals surface area contributed by atoms with Gasteiger partial charge in [-0.25, -0.2) is 0 Å². The molecule has 1 aromatic heterocycles. The van der Waals surface area contributed by atoms with Crippen LogP contribution in [0.2, 0.25) is 15.1 Å². The van der Waals surface area contributed by atoms with E-state index in [2.05, 4.69) is 16.2 Å². The number of carbonyl (C=O) groups is 3. The summed E-state index contributed by atoms with van der Waals surface area (Å²) in [5, 5.41) is 15.0. The van der Waals surface area contributed by atoms with E-state index in [1.54, 1.807) is 6.20 Å². The summed E-state index contributed by atoms with van der Waals surface area (Å²) in [4.78, 5) is 44.0. The fraction of sp³-hybridized carbons (Fsp3) is 0.240. The lowest BCUT2D eigenvalue weighted by Gasteiger charge is -2.31. The Kier molecular flexibility index (Phi) is 5.81. The molecule has 2 fully saturated rings. The van der Waals surface area contributed by atoms with Crippen molar-refractivity contribution in [1.82, 2.24) is 15.2 Å². The van der Waals surface area contributed by atoms with E-state index >= 15 is 0 Å². The number of halogens is 3. The molecule has 2 aliphatic heterocycles. The monoisotopic (exact) mass is 529 g/mol. The Bertz CT molecular complexity index is 1450. The smallest absolute Gasteiger partial charge is 0.325 e. The van der Waals surface area contributed by atoms with Crippen LogP contribution in [0.3, 0.4) is 0 Å². The molecule has 10 heteroatoms. The number of H-pyrrole nitrogens is 1. The first-order valence-electron chi connectivity index (χ1n) is 10.7. The van der Waals surface area contributed by atoms with Crippen LogP contribution in [0, 0.1) is 24.2 Å². The standard InChI is InChI=1S/C25H18Cl3N3O4/c1-2-7-31-22(32)18-19(23(31)33)25(24(34)35,10-12-11-29-17-6-4-3-5-14(12)17)30-21(18)15-8-13(26)9-16(27)20(15)28/h1,3-6,8-9,11,18-19,21,29-30H,7,10H2,(H,34,35). The summed E-state index contributed by atoms with van der Waals surface area (Å²) >= 11 is 19.0. The number of amides is 2. The minimum atomic E-state index is -1.82. The van der Waals surface area contributed by atoms with Gasteiger partial charge in [-0.3, -0.25) is 24.6 Å². The molecule has 7 nitrogen and oxygen atoms in total. The van der Waals surface area contributed by atoms with Gasteiger partial charge in [0.1, 0.15) is 5.54 Å². The van der Waals surface area contributed by atoms with E-state index in [1.165, 1.54) is 12.1 Å². The molecule has 35 heavy (non-hydrogen) atoms. The number of aromatic amines is 1. The molecule has 0 radical (unpaired) electrons. The van der Waals surface area contributed by atoms with Crippen LogP contribution in [0.5, 0.6) is 0 Å². The first-order chi connectivity index (χ1) is 16.7. The average molecular weight is 531 g/mol. The molecule has 0 spiro atoms. The molecule has 4 unspecified atom stereocenters. The number of fused-ring (bicyclic) bond motifs is 2. The highest BCUT2D eigenvalue weighted by molar-refractivity contribution is 6.43. The van der Waals surface area contributed by atoms with Crippen molar-refractivity contribution < 1.29 is 19.5 Å². The van der Waals surface area contributed by atoms with Crippen molar-refractivity contribution in [1.29, 1.82) is 0 Å². The Hall–Kier alpha value is -3.02. The highest BCUT2D eigenvalue weighted by Crippen LogP contribution is 2.52. The van der Waals surface area contributed by atoms with Crippen LogP contribution >= 0.6 is 34.8 Å². The number of aliphatic carboxylic acids is 1. The number of carboxylic acid groups (broad SMARTS) is 1. The number of rotatable bonds is 5. The Morgan fingerprint density at radius 2 is 1.91 bits per heavy atom. The molecule has 0 aliphatic carbocycles. The fourth-order valence-corrected chi connectivity index (χ4v) is 6.13. The maximum atomic E-state index is 13.5. The number of carboxylic acids is 1. The Morgan fingerprint density at radius 3 is 2.63 bits per heavy atom. The van der Waals surface area contributed by atoms with E-state index < -0.39 is 41.2 Å². The number of hydrogen-bond acceptors (Lipinski definition) is 4. The normalized spacial score (nSPS) is 25.8. The third-order valence-corrected chi connectivity index (χ3v) is 7.91. The number of carbonyl (C=O) groups excluding carboxylic acids is 2. The summed E-state index contributed by atoms with van der Waals surface area (Å²) in [6.07, 6.45) is 7.04. The van der Waals surface area contributed by atoms with Crippen LogP contribution in [-0.2, 0) is 20.8 Å². The zero-order valence-electron chi connectivity index (χ0n) is 18.0. The molecule has 178 valence electrons. The summed E-state index contributed by atoms with van der Waals surface area (Å²) in [6, 6.07) is 9.46. The molecule has 4 atom stereocenters. The lowest BCUT2D eigenvalue weighted by atomic mass is 9.76. The molecule has 5 rings (SSSR count). The molecule has 0 saturated carbocycles. The summed E-state index contributed by atoms with van der Waals surface area (Å²) in [7, 11) is 0. The van der Waals surface area contributed by atoms with Gasteiger partial charge in [0, 0.05) is 34.6 Å². The Balaban J connectivity index is 1.70. The van der Waals surface area contributed by atoms with Crippen LogP contribution in [0.1, 0.15) is 17.2 Å². The molecule has 2 saturated heterocycles. The Labute approximate surface area is 215 Å². The van der Waals surface area contributed by atoms with E-state index in [0.29, 0.717) is 11.1 Å². The summed E-state index contributed by atoms with van der Waals surface area (Å²) in [5.74, 6) is -2.46. The first-order valence-corrected chi connectivity index (χ1v) is 11.8. The number of aromatic nitrogens is 1. The minimum Gasteiger partial charge on any atom is -0.480 e. The molecule has 3 heterocycles. The predicted molar refractivity (Wildman–Crippen MR) is 132 cm³/mol. The summed E-state index contributed by atoms with van der Waals surface area (Å²) < 4.78 is 0. The number of imide groups is 1. The van der Waals surface area contributed by atoms with Crippen molar-refractivity contribution in [3.63, 3.8) is 0 Å². The summed E-state index contributed by atoms with van der Waals surface area (Å²) in [6.45, 7) is -0.260. The zero-order valence-corrected chi connectivity index (χ0v) is 20.3. The van der Waals surface area contributed by atoms with Crippen LogP contribution in [0.25, 0.3) is 10.9 Å². The molecule has 2 aliphatic rings. The highest BCUT2D eigenvalue weighted by atomic mass is 35.5. The molecule has 3 aromatic rings. The van der Waals surface area contributed by atoms with Crippen LogP contribution in [0.4, 0.5) is 0 Å². The lowest BCUT2D eigenvalue weighted by Crippen LogP contribution is -2.57. The van der Waals surface area contributed by atoms with Crippen LogP contribution in [-0.4, -0.2) is 44.9 Å². The number of hydrogen-bond donors (Lipinski definition) is 3. The number of benzene rings is 2. The topological polar surface area (TPSA) is 102 Å². The predicted octanol–water partition coefficient (Wildman–Crippen LogP) is 4.07. The molecular formula is C25H18Cl3N3O4. The van der Waals surface area contributed by atoms with Crippen molar-refractivity contribution in [3.05, 3.63) is 68.8 Å². The molecule has 2 amide bonds. The number of nitrogens with zero attached hydrogens (tertiary/aromatic N) is 1. The van der Waals surface area contributed by atoms with Gasteiger partial charge in [-0.15, -0.1) is 6.42 Å². The maximum absolute atomic E-state index is 13.5. The van der Waals surface area contributed by atoms with E-state index in [0.717, 1.165) is 15.8 Å². The van der Waals surface area contributed by atoms with Crippen LogP contribution < -0.4 is 5.32 Å². The lowest BCUT2D eigenvalue weighted by molar-refractivity contribution is -0.151. The Morgan fingerprint density at radius 1 is 1.17 bits per heavy atom. The number of nitrogens with one attached hydrogen (secondary N) is 2. The van der Waals surface area contributed by atoms with E-state index in [9.17, 15) is 19.5 Å². The van der Waals surface area contributed by atoms with Gasteiger partial charge < -0.3 is 10.1 Å². The van der Waals surface area contributed by atoms with Gasteiger partial charge in [-0.1, -0.05) is 58.9 Å². The first kappa shape index (κ1) is 23.7. The number of terminal acetylenes is 1. The second-order valence-corrected chi connectivity index (χ2v) is 9.92. The van der Waals surface area contributed by atoms with Gasteiger partial charge in [0.2, 0.25) is 11.8 Å². The number of likely N-dealkylation sites (tertiary alicyclic amines) is 1. The van der Waals surface area contributed by atoms with Gasteiger partial charge in [0.25, 0.3) is 0 Å². The second-order valence-electron chi connectivity index (χ2n) is 8.70. The summed E-state index contributed by atoms with van der Waals surface area (Å²) in [5.41, 5.74) is 0.0152. The minimum absolute atomic E-state index is 0.0706. The molecule has 3 N–H and O–H groups in total. The van der Waals surface area contributed by atoms with Crippen molar-refractivity contribution in [2.24, 2.45) is 11.8 Å². The largest absolute Gasteiger partial charge is 0.480 e. The molecule has 0 bridgehead atoms. The zero-order chi connectivity index (χ0) is 25.1. The van der Waals surface area contributed by atoms with Gasteiger partial charge in [-0.05, 0) is 29.3 Å². The number of para-hydroxylation sites is 1. The van der Waals surface area contributed by atoms with Crippen molar-refractivity contribution in [3.8, 4) is 12.3 Å². The van der Waals surface area contributed by atoms with Crippen molar-refractivity contribution in [2.75, 3.05) is 6.54 Å². The third-order valence-electron chi connectivity index (χ3n) is 6.88. The molecular weight excluding hydrogens is 513 g/mol. The van der Waals surface area contributed by atoms with Gasteiger partial charge >= 0.3 is 5.97 Å². The maximum Gasteiger partial charge on any atom is 0.325 e. The SMILES string of the molecule is C#CCN1C(=O)C2C(c3cc(Cl)cc(Cl)c3Cl)NC(Cc3c[nH]c4ccccc34)(C(=O)O)C2C1=O. The quantitative estimate of drug-likeness (QED) is 0.262. The third kappa shape index (κ3) is 3.52. The van der Waals surface area contributed by atoms with E-state index in [4.69, 9.17) is 41.2 Å². The van der Waals surface area contributed by atoms with Crippen LogP contribution in [0.15, 0.2) is 42.6 Å². The molecule has 2 aromatic carbocycles. The average Bonchev–Trinajstić information content (AvgIpc) is 3.46. The fourth-order valence-electron chi connectivity index (χ4n) is 5.39. The van der Waals surface area contributed by atoms with Crippen molar-refractivity contribution in [2.45, 2.75) is 18.0 Å². The highest BCUT2D eigenvalue weighted by Gasteiger charge is 2.68. The van der Waals surface area contributed by atoms with E-state index in [-0.39, 0.29) is 28.0 Å². The van der Waals surface area contributed by atoms with Crippen molar-refractivity contribution >= 4 is 63.5 Å².